The molecule has 4 nitrogen and oxygen atoms in total. The van der Waals surface area contributed by atoms with Gasteiger partial charge in [-0.1, -0.05) is 12.1 Å². The third kappa shape index (κ3) is 3.07. The predicted molar refractivity (Wildman–Crippen MR) is 73.1 cm³/mol. The van der Waals surface area contributed by atoms with Crippen LogP contribution in [0.25, 0.3) is 0 Å². The van der Waals surface area contributed by atoms with Crippen molar-refractivity contribution in [3.8, 4) is 5.75 Å². The predicted octanol–water partition coefficient (Wildman–Crippen LogP) is 3.07. The van der Waals surface area contributed by atoms with Gasteiger partial charge in [0.1, 0.15) is 11.3 Å². The normalized spacial score (nSPS) is 9.83. The fraction of sp³-hybridized carbons (Fsp3) is 0.0769. The first-order chi connectivity index (χ1) is 8.81. The summed E-state index contributed by atoms with van der Waals surface area (Å²) in [7, 11) is 0. The zero-order chi connectivity index (χ0) is 12.8. The zero-order valence-corrected chi connectivity index (χ0v) is 11.1. The number of halogens is 1. The molecule has 18 heavy (non-hydrogen) atoms. The highest BCUT2D eigenvalue weighted by atomic mass is 79.9. The average molecular weight is 307 g/mol. The number of hydrogen-bond donors (Lipinski definition) is 1. The molecule has 5 heteroatoms. The Morgan fingerprint density at radius 1 is 1.28 bits per heavy atom. The molecular weight excluding hydrogens is 296 g/mol. The minimum Gasteiger partial charge on any atom is -0.482 e. The second-order valence-electron chi connectivity index (χ2n) is 3.45. The Morgan fingerprint density at radius 3 is 2.83 bits per heavy atom. The molecule has 0 saturated carbocycles. The van der Waals surface area contributed by atoms with Crippen molar-refractivity contribution in [3.63, 3.8) is 0 Å². The molecule has 0 radical (unpaired) electrons. The molecule has 0 bridgehead atoms. The lowest BCUT2D eigenvalue weighted by atomic mass is 10.2. The van der Waals surface area contributed by atoms with Crippen molar-refractivity contribution in [2.24, 2.45) is 0 Å². The number of rotatable bonds is 4. The summed E-state index contributed by atoms with van der Waals surface area (Å²) in [5.74, 6) is 0.315. The third-order valence-corrected chi connectivity index (χ3v) is 2.49. The number of pyridine rings is 1. The molecule has 92 valence electrons. The van der Waals surface area contributed by atoms with Crippen LogP contribution in [0.2, 0.25) is 0 Å². The number of nitrogens with one attached hydrogen (secondary N) is 1. The number of anilines is 1. The lowest BCUT2D eigenvalue weighted by Crippen LogP contribution is -2.13. The maximum absolute atomic E-state index is 12.1. The van der Waals surface area contributed by atoms with Gasteiger partial charge in [-0.05, 0) is 40.2 Å². The van der Waals surface area contributed by atoms with Gasteiger partial charge < -0.3 is 10.1 Å². The van der Waals surface area contributed by atoms with Crippen molar-refractivity contribution in [2.45, 2.75) is 0 Å². The van der Waals surface area contributed by atoms with E-state index in [9.17, 15) is 4.79 Å². The quantitative estimate of drug-likeness (QED) is 0.883. The summed E-state index contributed by atoms with van der Waals surface area (Å²) in [6.07, 6.45) is 3.24. The van der Waals surface area contributed by atoms with Gasteiger partial charge in [0.25, 0.3) is 5.91 Å². The van der Waals surface area contributed by atoms with Crippen molar-refractivity contribution in [1.82, 2.24) is 4.98 Å². The number of carbonyl (C=O) groups is 1. The second kappa shape index (κ2) is 6.16. The van der Waals surface area contributed by atoms with Crippen LogP contribution in [0.1, 0.15) is 10.4 Å². The molecule has 1 aromatic heterocycles. The van der Waals surface area contributed by atoms with Gasteiger partial charge >= 0.3 is 0 Å². The van der Waals surface area contributed by atoms with Crippen LogP contribution in [0, 0.1) is 0 Å². The molecule has 0 saturated heterocycles. The average Bonchev–Trinajstić information content (AvgIpc) is 2.41. The summed E-state index contributed by atoms with van der Waals surface area (Å²) in [6, 6.07) is 10.6. The largest absolute Gasteiger partial charge is 0.482 e. The molecule has 0 aliphatic rings. The number of alkyl halides is 1. The van der Waals surface area contributed by atoms with Crippen LogP contribution < -0.4 is 10.1 Å². The number of nitrogens with zero attached hydrogens (tertiary/aromatic N) is 1. The Bertz CT molecular complexity index is 532. The lowest BCUT2D eigenvalue weighted by Gasteiger charge is -2.09. The van der Waals surface area contributed by atoms with Gasteiger partial charge in [0, 0.05) is 6.20 Å². The van der Waals surface area contributed by atoms with Crippen molar-refractivity contribution < 1.29 is 9.53 Å². The van der Waals surface area contributed by atoms with Crippen LogP contribution in [-0.2, 0) is 0 Å². The monoisotopic (exact) mass is 306 g/mol. The van der Waals surface area contributed by atoms with E-state index in [1.54, 1.807) is 42.7 Å². The summed E-state index contributed by atoms with van der Waals surface area (Å²) in [5.41, 5.74) is 1.47. The van der Waals surface area contributed by atoms with Crippen molar-refractivity contribution in [3.05, 3.63) is 54.4 Å². The van der Waals surface area contributed by atoms with E-state index in [2.05, 4.69) is 26.2 Å². The van der Waals surface area contributed by atoms with E-state index in [4.69, 9.17) is 4.74 Å². The molecule has 1 aromatic carbocycles. The molecule has 2 aromatic rings. The number of hydrogen-bond acceptors (Lipinski definition) is 3. The summed E-state index contributed by atoms with van der Waals surface area (Å²) < 4.78 is 5.34. The highest BCUT2D eigenvalue weighted by Gasteiger charge is 2.11. The summed E-state index contributed by atoms with van der Waals surface area (Å²) >= 11 is 3.17. The first kappa shape index (κ1) is 12.6. The van der Waals surface area contributed by atoms with Gasteiger partial charge in [-0.2, -0.15) is 0 Å². The van der Waals surface area contributed by atoms with E-state index in [1.807, 2.05) is 6.07 Å². The molecule has 0 atom stereocenters. The van der Waals surface area contributed by atoms with Crippen LogP contribution in [0.3, 0.4) is 0 Å². The van der Waals surface area contributed by atoms with Gasteiger partial charge in [-0.15, -0.1) is 0 Å². The first-order valence-electron chi connectivity index (χ1n) is 5.30. The molecule has 1 N–H and O–H groups in total. The van der Waals surface area contributed by atoms with E-state index in [0.29, 0.717) is 22.5 Å². The lowest BCUT2D eigenvalue weighted by molar-refractivity contribution is 0.102. The number of aromatic nitrogens is 1. The third-order valence-electron chi connectivity index (χ3n) is 2.26. The second-order valence-corrected chi connectivity index (χ2v) is 3.90. The van der Waals surface area contributed by atoms with Crippen LogP contribution >= 0.6 is 15.9 Å². The standard InChI is InChI=1S/C13H11BrN2O2/c14-9-18-12-6-2-1-5-11(12)13(17)16-10-4-3-7-15-8-10/h1-8H,9H2,(H,16,17). The highest BCUT2D eigenvalue weighted by Crippen LogP contribution is 2.19. The zero-order valence-electron chi connectivity index (χ0n) is 9.47. The Morgan fingerprint density at radius 2 is 2.11 bits per heavy atom. The van der Waals surface area contributed by atoms with E-state index in [-0.39, 0.29) is 5.91 Å². The van der Waals surface area contributed by atoms with E-state index >= 15 is 0 Å². The number of benzene rings is 1. The highest BCUT2D eigenvalue weighted by molar-refractivity contribution is 9.09. The topological polar surface area (TPSA) is 51.2 Å². The Hall–Kier alpha value is -1.88. The molecule has 1 amide bonds. The van der Waals surface area contributed by atoms with Gasteiger partial charge in [0.15, 0.2) is 0 Å². The maximum Gasteiger partial charge on any atom is 0.259 e. The van der Waals surface area contributed by atoms with Crippen LogP contribution in [0.4, 0.5) is 5.69 Å². The maximum atomic E-state index is 12.1. The molecule has 1 heterocycles. The van der Waals surface area contributed by atoms with Crippen LogP contribution in [0.15, 0.2) is 48.8 Å². The van der Waals surface area contributed by atoms with Crippen LogP contribution in [-0.4, -0.2) is 16.4 Å². The molecule has 0 aliphatic carbocycles. The van der Waals surface area contributed by atoms with Gasteiger partial charge in [0.2, 0.25) is 0 Å². The van der Waals surface area contributed by atoms with E-state index in [1.165, 1.54) is 0 Å². The summed E-state index contributed by atoms with van der Waals surface area (Å²) in [6.45, 7) is 0. The minimum absolute atomic E-state index is 0.223. The molecular formula is C13H11BrN2O2. The molecule has 0 unspecified atom stereocenters. The summed E-state index contributed by atoms with van der Waals surface area (Å²) in [4.78, 5) is 16.0. The van der Waals surface area contributed by atoms with E-state index in [0.717, 1.165) is 0 Å². The minimum atomic E-state index is -0.223. The fourth-order valence-corrected chi connectivity index (χ4v) is 1.72. The number of ether oxygens (including phenoxy) is 1. The van der Waals surface area contributed by atoms with Crippen molar-refractivity contribution in [1.29, 1.82) is 0 Å². The number of para-hydroxylation sites is 1. The molecule has 0 aliphatic heterocycles. The fourth-order valence-electron chi connectivity index (χ4n) is 1.47. The molecule has 0 fully saturated rings. The smallest absolute Gasteiger partial charge is 0.259 e. The number of carbonyl (C=O) groups excluding carboxylic acids is 1. The van der Waals surface area contributed by atoms with E-state index < -0.39 is 0 Å². The Kier molecular flexibility index (Phi) is 4.30. The Labute approximate surface area is 113 Å². The first-order valence-corrected chi connectivity index (χ1v) is 6.42. The Balaban J connectivity index is 2.19. The SMILES string of the molecule is O=C(Nc1cccnc1)c1ccccc1OCBr. The van der Waals surface area contributed by atoms with Crippen molar-refractivity contribution in [2.75, 3.05) is 10.8 Å². The van der Waals surface area contributed by atoms with Crippen LogP contribution in [0.5, 0.6) is 5.75 Å². The number of amides is 1. The molecule has 0 spiro atoms. The van der Waals surface area contributed by atoms with Gasteiger partial charge in [-0.25, -0.2) is 0 Å². The van der Waals surface area contributed by atoms with Crippen molar-refractivity contribution >= 4 is 27.5 Å². The summed E-state index contributed by atoms with van der Waals surface area (Å²) in [5, 5.41) is 2.76. The molecule has 2 rings (SSSR count). The van der Waals surface area contributed by atoms with Gasteiger partial charge in [-0.3, -0.25) is 9.78 Å². The van der Waals surface area contributed by atoms with Gasteiger partial charge in [0.05, 0.1) is 17.4 Å².